The summed E-state index contributed by atoms with van der Waals surface area (Å²) in [4.78, 5) is 0. The van der Waals surface area contributed by atoms with Crippen molar-refractivity contribution < 1.29 is 0 Å². The Morgan fingerprint density at radius 2 is 2.31 bits per heavy atom. The highest BCUT2D eigenvalue weighted by atomic mass is 35.5. The van der Waals surface area contributed by atoms with E-state index in [1.807, 2.05) is 17.8 Å². The van der Waals surface area contributed by atoms with Crippen LogP contribution in [0.4, 0.5) is 0 Å². The van der Waals surface area contributed by atoms with Crippen LogP contribution >= 0.6 is 11.6 Å². The summed E-state index contributed by atoms with van der Waals surface area (Å²) < 4.78 is 1.87. The lowest BCUT2D eigenvalue weighted by molar-refractivity contribution is 0.695. The minimum Gasteiger partial charge on any atom is -0.271 e. The molecule has 0 amide bonds. The fourth-order valence-corrected chi connectivity index (χ4v) is 1.72. The van der Waals surface area contributed by atoms with Crippen LogP contribution in [0.1, 0.15) is 24.7 Å². The molecule has 0 aromatic carbocycles. The summed E-state index contributed by atoms with van der Waals surface area (Å²) >= 11 is 6.15. The summed E-state index contributed by atoms with van der Waals surface area (Å²) in [5.74, 6) is 0. The predicted octanol–water partition coefficient (Wildman–Crippen LogP) is 2.75. The van der Waals surface area contributed by atoms with Crippen LogP contribution < -0.4 is 0 Å². The third-order valence-electron chi connectivity index (χ3n) is 2.09. The standard InChI is InChI=1S/C10H15ClN2/c1-4-6-7-9-10(11)8(5-2)12-13(9)3/h4H,1,5-7H2,2-3H3. The molecule has 72 valence electrons. The molecule has 0 spiro atoms. The molecule has 0 unspecified atom stereocenters. The van der Waals surface area contributed by atoms with E-state index in [4.69, 9.17) is 11.6 Å². The van der Waals surface area contributed by atoms with E-state index in [-0.39, 0.29) is 0 Å². The van der Waals surface area contributed by atoms with Crippen molar-refractivity contribution in [3.63, 3.8) is 0 Å². The van der Waals surface area contributed by atoms with Gasteiger partial charge in [-0.3, -0.25) is 4.68 Å². The van der Waals surface area contributed by atoms with Gasteiger partial charge in [0.25, 0.3) is 0 Å². The van der Waals surface area contributed by atoms with Crippen LogP contribution in [0.2, 0.25) is 5.02 Å². The van der Waals surface area contributed by atoms with Gasteiger partial charge in [0.15, 0.2) is 0 Å². The second-order valence-electron chi connectivity index (χ2n) is 3.01. The van der Waals surface area contributed by atoms with E-state index in [0.717, 1.165) is 35.7 Å². The van der Waals surface area contributed by atoms with E-state index in [1.54, 1.807) is 0 Å². The lowest BCUT2D eigenvalue weighted by atomic mass is 10.2. The second-order valence-corrected chi connectivity index (χ2v) is 3.39. The largest absolute Gasteiger partial charge is 0.271 e. The number of rotatable bonds is 4. The molecular weight excluding hydrogens is 184 g/mol. The topological polar surface area (TPSA) is 17.8 Å². The van der Waals surface area contributed by atoms with Crippen molar-refractivity contribution in [1.82, 2.24) is 9.78 Å². The summed E-state index contributed by atoms with van der Waals surface area (Å²) in [6, 6.07) is 0. The number of hydrogen-bond acceptors (Lipinski definition) is 1. The third kappa shape index (κ3) is 2.13. The first kappa shape index (κ1) is 10.3. The number of hydrogen-bond donors (Lipinski definition) is 0. The zero-order valence-corrected chi connectivity index (χ0v) is 8.93. The van der Waals surface area contributed by atoms with Gasteiger partial charge in [0.05, 0.1) is 16.4 Å². The third-order valence-corrected chi connectivity index (χ3v) is 2.52. The van der Waals surface area contributed by atoms with Crippen LogP contribution in [-0.2, 0) is 19.9 Å². The van der Waals surface area contributed by atoms with Gasteiger partial charge in [-0.1, -0.05) is 24.6 Å². The zero-order valence-electron chi connectivity index (χ0n) is 8.18. The van der Waals surface area contributed by atoms with Crippen molar-refractivity contribution in [2.45, 2.75) is 26.2 Å². The Kier molecular flexibility index (Phi) is 3.55. The molecule has 1 aromatic rings. The molecule has 0 fully saturated rings. The van der Waals surface area contributed by atoms with Gasteiger partial charge in [0.2, 0.25) is 0 Å². The number of nitrogens with zero attached hydrogens (tertiary/aromatic N) is 2. The molecule has 0 bridgehead atoms. The first-order valence-corrected chi connectivity index (χ1v) is 4.89. The van der Waals surface area contributed by atoms with Crippen LogP contribution in [-0.4, -0.2) is 9.78 Å². The quantitative estimate of drug-likeness (QED) is 0.681. The number of halogens is 1. The average molecular weight is 199 g/mol. The highest BCUT2D eigenvalue weighted by Crippen LogP contribution is 2.21. The lowest BCUT2D eigenvalue weighted by Crippen LogP contribution is -1.97. The maximum Gasteiger partial charge on any atom is 0.0849 e. The van der Waals surface area contributed by atoms with E-state index >= 15 is 0 Å². The minimum absolute atomic E-state index is 0.826. The summed E-state index contributed by atoms with van der Waals surface area (Å²) in [5, 5.41) is 5.16. The molecule has 0 aliphatic carbocycles. The van der Waals surface area contributed by atoms with Crippen LogP contribution in [0.15, 0.2) is 12.7 Å². The van der Waals surface area contributed by atoms with E-state index in [0.29, 0.717) is 0 Å². The SMILES string of the molecule is C=CCCc1c(Cl)c(CC)nn1C. The van der Waals surface area contributed by atoms with Gasteiger partial charge in [0, 0.05) is 7.05 Å². The smallest absolute Gasteiger partial charge is 0.0849 e. The fourth-order valence-electron chi connectivity index (χ4n) is 1.33. The Hall–Kier alpha value is -0.760. The molecule has 1 aromatic heterocycles. The van der Waals surface area contributed by atoms with Gasteiger partial charge in [-0.25, -0.2) is 0 Å². The minimum atomic E-state index is 0.826. The van der Waals surface area contributed by atoms with Gasteiger partial charge < -0.3 is 0 Å². The van der Waals surface area contributed by atoms with Gasteiger partial charge in [-0.15, -0.1) is 6.58 Å². The van der Waals surface area contributed by atoms with Crippen LogP contribution in [0.5, 0.6) is 0 Å². The molecule has 0 aliphatic heterocycles. The normalized spacial score (nSPS) is 10.4. The number of aryl methyl sites for hydroxylation is 2. The maximum atomic E-state index is 6.15. The molecule has 0 atom stereocenters. The van der Waals surface area contributed by atoms with Crippen LogP contribution in [0, 0.1) is 0 Å². The first-order chi connectivity index (χ1) is 6.20. The van der Waals surface area contributed by atoms with E-state index in [2.05, 4.69) is 18.6 Å². The Labute approximate surface area is 84.2 Å². The molecule has 2 nitrogen and oxygen atoms in total. The molecule has 0 aliphatic rings. The van der Waals surface area contributed by atoms with E-state index in [1.165, 1.54) is 0 Å². The number of allylic oxidation sites excluding steroid dienone is 1. The predicted molar refractivity (Wildman–Crippen MR) is 56.1 cm³/mol. The van der Waals surface area contributed by atoms with Crippen molar-refractivity contribution in [3.8, 4) is 0 Å². The second kappa shape index (κ2) is 4.47. The van der Waals surface area contributed by atoms with Crippen molar-refractivity contribution in [2.24, 2.45) is 7.05 Å². The molecule has 13 heavy (non-hydrogen) atoms. The fraction of sp³-hybridized carbons (Fsp3) is 0.500. The maximum absolute atomic E-state index is 6.15. The van der Waals surface area contributed by atoms with E-state index < -0.39 is 0 Å². The van der Waals surface area contributed by atoms with Gasteiger partial charge in [-0.05, 0) is 19.3 Å². The van der Waals surface area contributed by atoms with Crippen molar-refractivity contribution >= 4 is 11.6 Å². The van der Waals surface area contributed by atoms with Crippen molar-refractivity contribution in [3.05, 3.63) is 29.1 Å². The molecule has 3 heteroatoms. The Balaban J connectivity index is 2.91. The Morgan fingerprint density at radius 1 is 1.62 bits per heavy atom. The van der Waals surface area contributed by atoms with Crippen molar-refractivity contribution in [1.29, 1.82) is 0 Å². The first-order valence-electron chi connectivity index (χ1n) is 4.51. The number of aromatic nitrogens is 2. The van der Waals surface area contributed by atoms with Crippen molar-refractivity contribution in [2.75, 3.05) is 0 Å². The average Bonchev–Trinajstić information content (AvgIpc) is 2.39. The zero-order chi connectivity index (χ0) is 9.84. The van der Waals surface area contributed by atoms with Gasteiger partial charge in [-0.2, -0.15) is 5.10 Å². The molecule has 0 N–H and O–H groups in total. The van der Waals surface area contributed by atoms with Gasteiger partial charge in [0.1, 0.15) is 0 Å². The molecule has 0 saturated carbocycles. The summed E-state index contributed by atoms with van der Waals surface area (Å²) in [6.45, 7) is 5.75. The Bertz CT molecular complexity index is 302. The molecule has 1 heterocycles. The van der Waals surface area contributed by atoms with Crippen LogP contribution in [0.3, 0.4) is 0 Å². The molecule has 1 rings (SSSR count). The van der Waals surface area contributed by atoms with Gasteiger partial charge >= 0.3 is 0 Å². The monoisotopic (exact) mass is 198 g/mol. The lowest BCUT2D eigenvalue weighted by Gasteiger charge is -1.98. The molecule has 0 radical (unpaired) electrons. The highest BCUT2D eigenvalue weighted by Gasteiger charge is 2.11. The molecular formula is C10H15ClN2. The highest BCUT2D eigenvalue weighted by molar-refractivity contribution is 6.31. The Morgan fingerprint density at radius 3 is 2.77 bits per heavy atom. The summed E-state index contributed by atoms with van der Waals surface area (Å²) in [5.41, 5.74) is 2.10. The molecule has 0 saturated heterocycles. The summed E-state index contributed by atoms with van der Waals surface area (Å²) in [6.07, 6.45) is 4.66. The van der Waals surface area contributed by atoms with Crippen LogP contribution in [0.25, 0.3) is 0 Å². The van der Waals surface area contributed by atoms with E-state index in [9.17, 15) is 0 Å². The summed E-state index contributed by atoms with van der Waals surface area (Å²) in [7, 11) is 1.93.